The lowest BCUT2D eigenvalue weighted by molar-refractivity contribution is 0.320. The molecule has 1 fully saturated rings. The lowest BCUT2D eigenvalue weighted by atomic mass is 10.0. The number of benzene rings is 3. The minimum absolute atomic E-state index is 0.347. The molecule has 6 rings (SSSR count). The quantitative estimate of drug-likeness (QED) is 0.326. The van der Waals surface area contributed by atoms with E-state index in [9.17, 15) is 0 Å². The predicted molar refractivity (Wildman–Crippen MR) is 135 cm³/mol. The van der Waals surface area contributed by atoms with Crippen LogP contribution in [0.3, 0.4) is 0 Å². The molecule has 0 bridgehead atoms. The van der Waals surface area contributed by atoms with Crippen molar-refractivity contribution in [2.75, 3.05) is 20.1 Å². The zero-order chi connectivity index (χ0) is 22.4. The van der Waals surface area contributed by atoms with Crippen molar-refractivity contribution in [2.45, 2.75) is 38.8 Å². The van der Waals surface area contributed by atoms with Gasteiger partial charge in [0.2, 0.25) is 0 Å². The first-order valence-electron chi connectivity index (χ1n) is 12.0. The summed E-state index contributed by atoms with van der Waals surface area (Å²) in [6.07, 6.45) is 3.50. The topological polar surface area (TPSA) is 72.6 Å². The van der Waals surface area contributed by atoms with Crippen LogP contribution in [0.15, 0.2) is 48.5 Å². The van der Waals surface area contributed by atoms with Gasteiger partial charge in [0, 0.05) is 5.39 Å². The van der Waals surface area contributed by atoms with Crippen molar-refractivity contribution < 1.29 is 0 Å². The Balaban J connectivity index is 1.34. The molecule has 2 aromatic heterocycles. The molecular weight excluding hydrogens is 408 g/mol. The summed E-state index contributed by atoms with van der Waals surface area (Å²) >= 11 is 0. The molecule has 3 heterocycles. The maximum atomic E-state index is 4.97. The number of aromatic amines is 2. The average molecular weight is 439 g/mol. The molecule has 33 heavy (non-hydrogen) atoms. The van der Waals surface area contributed by atoms with Gasteiger partial charge in [0.25, 0.3) is 0 Å². The van der Waals surface area contributed by atoms with Gasteiger partial charge < -0.3 is 15.3 Å². The highest BCUT2D eigenvalue weighted by molar-refractivity contribution is 6.05. The highest BCUT2D eigenvalue weighted by Crippen LogP contribution is 2.31. The number of rotatable bonds is 6. The van der Waals surface area contributed by atoms with Gasteiger partial charge in [-0.2, -0.15) is 0 Å². The van der Waals surface area contributed by atoms with Crippen LogP contribution < -0.4 is 5.32 Å². The van der Waals surface area contributed by atoms with Gasteiger partial charge in [0.15, 0.2) is 0 Å². The maximum Gasteiger partial charge on any atom is 0.124 e. The number of nitrogens with one attached hydrogen (secondary N) is 3. The molecule has 1 aliphatic rings. The molecule has 3 N–H and O–H groups in total. The van der Waals surface area contributed by atoms with Crippen LogP contribution in [-0.2, 0) is 6.54 Å². The molecule has 1 aliphatic heterocycles. The van der Waals surface area contributed by atoms with E-state index in [4.69, 9.17) is 9.97 Å². The van der Waals surface area contributed by atoms with Gasteiger partial charge in [-0.05, 0) is 80.2 Å². The van der Waals surface area contributed by atoms with Gasteiger partial charge in [0.1, 0.15) is 11.6 Å². The molecule has 1 atom stereocenters. The zero-order valence-electron chi connectivity index (χ0n) is 19.3. The van der Waals surface area contributed by atoms with Crippen molar-refractivity contribution in [2.24, 2.45) is 0 Å². The van der Waals surface area contributed by atoms with Crippen molar-refractivity contribution in [3.8, 4) is 11.1 Å². The fourth-order valence-corrected chi connectivity index (χ4v) is 5.12. The van der Waals surface area contributed by atoms with Gasteiger partial charge in [-0.25, -0.2) is 9.97 Å². The lowest BCUT2D eigenvalue weighted by Crippen LogP contribution is -2.19. The minimum atomic E-state index is 0.347. The largest absolute Gasteiger partial charge is 0.341 e. The number of aromatic nitrogens is 4. The Morgan fingerprint density at radius 1 is 0.970 bits per heavy atom. The first kappa shape index (κ1) is 20.4. The van der Waals surface area contributed by atoms with E-state index in [1.807, 2.05) is 0 Å². The monoisotopic (exact) mass is 438 g/mol. The molecule has 0 aliphatic carbocycles. The normalized spacial score (nSPS) is 16.6. The fourth-order valence-electron chi connectivity index (χ4n) is 5.12. The summed E-state index contributed by atoms with van der Waals surface area (Å²) in [5, 5.41) is 5.95. The third kappa shape index (κ3) is 3.79. The van der Waals surface area contributed by atoms with Gasteiger partial charge in [-0.1, -0.05) is 31.2 Å². The second-order valence-corrected chi connectivity index (χ2v) is 9.32. The van der Waals surface area contributed by atoms with E-state index >= 15 is 0 Å². The molecule has 0 amide bonds. The van der Waals surface area contributed by atoms with E-state index < -0.39 is 0 Å². The van der Waals surface area contributed by atoms with Gasteiger partial charge in [-0.15, -0.1) is 0 Å². The molecular formula is C27H30N6. The number of imidazole rings is 2. The number of hydrogen-bond donors (Lipinski definition) is 3. The van der Waals surface area contributed by atoms with E-state index in [0.717, 1.165) is 66.2 Å². The summed E-state index contributed by atoms with van der Waals surface area (Å²) in [5.74, 6) is 2.08. The number of nitrogens with zero attached hydrogens (tertiary/aromatic N) is 3. The van der Waals surface area contributed by atoms with Crippen molar-refractivity contribution >= 4 is 32.8 Å². The first-order valence-corrected chi connectivity index (χ1v) is 12.0. The van der Waals surface area contributed by atoms with Gasteiger partial charge in [-0.3, -0.25) is 4.90 Å². The van der Waals surface area contributed by atoms with Crippen LogP contribution in [-0.4, -0.2) is 45.0 Å². The van der Waals surface area contributed by atoms with E-state index in [-0.39, 0.29) is 0 Å². The molecule has 6 nitrogen and oxygen atoms in total. The number of H-pyrrole nitrogens is 2. The molecule has 0 radical (unpaired) electrons. The summed E-state index contributed by atoms with van der Waals surface area (Å²) in [7, 11) is 2.14. The third-order valence-corrected chi connectivity index (χ3v) is 6.77. The highest BCUT2D eigenvalue weighted by atomic mass is 15.1. The van der Waals surface area contributed by atoms with Crippen molar-refractivity contribution in [3.63, 3.8) is 0 Å². The van der Waals surface area contributed by atoms with E-state index in [1.54, 1.807) is 0 Å². The lowest BCUT2D eigenvalue weighted by Gasteiger charge is -2.12. The standard InChI is InChI=1S/C27H30N6/c1-3-13-33(2)16-25-29-21-10-7-18(15-24(21)30-25)17-6-9-20-19(14-17)8-11-22-26(20)32-27(31-22)23-5-4-12-28-23/h6-11,14-15,23,28H,3-5,12-13,16H2,1-2H3,(H,29,30)(H,31,32). The Kier molecular flexibility index (Phi) is 5.12. The summed E-state index contributed by atoms with van der Waals surface area (Å²) < 4.78 is 0. The minimum Gasteiger partial charge on any atom is -0.341 e. The Morgan fingerprint density at radius 2 is 1.85 bits per heavy atom. The van der Waals surface area contributed by atoms with Crippen LogP contribution >= 0.6 is 0 Å². The summed E-state index contributed by atoms with van der Waals surface area (Å²) in [5.41, 5.74) is 6.68. The highest BCUT2D eigenvalue weighted by Gasteiger charge is 2.20. The number of hydrogen-bond acceptors (Lipinski definition) is 4. The fraction of sp³-hybridized carbons (Fsp3) is 0.333. The second kappa shape index (κ2) is 8.28. The SMILES string of the molecule is CCCN(C)Cc1nc2ccc(-c3ccc4c(ccc5[nH]c(C6CCCN6)nc54)c3)cc2[nH]1. The maximum absolute atomic E-state index is 4.97. The Bertz CT molecular complexity index is 1440. The van der Waals surface area contributed by atoms with E-state index in [0.29, 0.717) is 6.04 Å². The van der Waals surface area contributed by atoms with Crippen LogP contribution in [0.1, 0.15) is 43.9 Å². The van der Waals surface area contributed by atoms with E-state index in [2.05, 4.69) is 82.7 Å². The molecule has 0 spiro atoms. The van der Waals surface area contributed by atoms with Crippen LogP contribution in [0, 0.1) is 0 Å². The van der Waals surface area contributed by atoms with Crippen LogP contribution in [0.2, 0.25) is 0 Å². The molecule has 6 heteroatoms. The Labute approximate surface area is 193 Å². The number of fused-ring (bicyclic) bond motifs is 4. The van der Waals surface area contributed by atoms with Crippen LogP contribution in [0.4, 0.5) is 0 Å². The third-order valence-electron chi connectivity index (χ3n) is 6.77. The second-order valence-electron chi connectivity index (χ2n) is 9.32. The van der Waals surface area contributed by atoms with Crippen molar-refractivity contribution in [1.29, 1.82) is 0 Å². The molecule has 1 unspecified atom stereocenters. The van der Waals surface area contributed by atoms with Crippen LogP contribution in [0.25, 0.3) is 44.0 Å². The Morgan fingerprint density at radius 3 is 2.70 bits per heavy atom. The molecule has 5 aromatic rings. The van der Waals surface area contributed by atoms with Crippen LogP contribution in [0.5, 0.6) is 0 Å². The van der Waals surface area contributed by atoms with Gasteiger partial charge in [0.05, 0.1) is 34.7 Å². The molecule has 0 saturated carbocycles. The predicted octanol–water partition coefficient (Wildman–Crippen LogP) is 5.53. The van der Waals surface area contributed by atoms with Gasteiger partial charge >= 0.3 is 0 Å². The summed E-state index contributed by atoms with van der Waals surface area (Å²) in [4.78, 5) is 19.1. The first-order chi connectivity index (χ1) is 16.2. The van der Waals surface area contributed by atoms with E-state index in [1.165, 1.54) is 28.3 Å². The average Bonchev–Trinajstić information content (AvgIpc) is 3.56. The van der Waals surface area contributed by atoms with Crippen molar-refractivity contribution in [3.05, 3.63) is 60.2 Å². The summed E-state index contributed by atoms with van der Waals surface area (Å²) in [6.45, 7) is 5.18. The molecule has 1 saturated heterocycles. The Hall–Kier alpha value is -3.22. The van der Waals surface area contributed by atoms with Crippen molar-refractivity contribution in [1.82, 2.24) is 30.2 Å². The molecule has 168 valence electrons. The zero-order valence-corrected chi connectivity index (χ0v) is 19.3. The smallest absolute Gasteiger partial charge is 0.124 e. The summed E-state index contributed by atoms with van der Waals surface area (Å²) in [6, 6.07) is 17.9. The molecule has 3 aromatic carbocycles.